The lowest BCUT2D eigenvalue weighted by molar-refractivity contribution is 0.0687. The Labute approximate surface area is 148 Å². The fourth-order valence-corrected chi connectivity index (χ4v) is 2.27. The van der Waals surface area contributed by atoms with E-state index in [-0.39, 0.29) is 18.5 Å². The Kier molecular flexibility index (Phi) is 8.23. The number of likely N-dealkylation sites (N-methyl/N-ethyl adjacent to an activating group) is 1. The van der Waals surface area contributed by atoms with Crippen LogP contribution in [0.5, 0.6) is 0 Å². The molecule has 0 atom stereocenters. The van der Waals surface area contributed by atoms with E-state index in [4.69, 9.17) is 27.9 Å². The molecule has 2 aromatic rings. The van der Waals surface area contributed by atoms with Crippen LogP contribution in [0.15, 0.2) is 48.5 Å². The first-order valence-corrected chi connectivity index (χ1v) is 7.59. The van der Waals surface area contributed by atoms with Gasteiger partial charge in [0.2, 0.25) is 0 Å². The Balaban J connectivity index is 0.00000242. The van der Waals surface area contributed by atoms with Crippen LogP contribution in [0, 0.1) is 0 Å². The molecule has 0 saturated heterocycles. The van der Waals surface area contributed by atoms with Crippen molar-refractivity contribution in [3.8, 4) is 0 Å². The number of hydrogen-bond donors (Lipinski definition) is 0. The molecule has 0 radical (unpaired) electrons. The van der Waals surface area contributed by atoms with Crippen molar-refractivity contribution in [1.82, 2.24) is 4.90 Å². The van der Waals surface area contributed by atoms with Crippen LogP contribution in [0.3, 0.4) is 0 Å². The number of benzene rings is 2. The highest BCUT2D eigenvalue weighted by atomic mass is 35.5. The van der Waals surface area contributed by atoms with Crippen molar-refractivity contribution in [2.24, 2.45) is 0 Å². The van der Waals surface area contributed by atoms with Crippen LogP contribution >= 0.6 is 35.6 Å². The first-order valence-electron chi connectivity index (χ1n) is 6.83. The zero-order valence-corrected chi connectivity index (χ0v) is 15.0. The lowest BCUT2D eigenvalue weighted by atomic mass is 10.0. The van der Waals surface area contributed by atoms with Gasteiger partial charge in [0, 0.05) is 16.6 Å². The van der Waals surface area contributed by atoms with E-state index in [9.17, 15) is 0 Å². The standard InChI is InChI=1S/C17H19Cl2NO.ClH/c1-20(2)11-12-21-17(13-3-7-15(18)8-4-13)14-5-9-16(19)10-6-14;/h3-10,17H,11-12H2,1-2H3;1H. The molecule has 0 fully saturated rings. The average Bonchev–Trinajstić information content (AvgIpc) is 2.46. The molecule has 120 valence electrons. The Morgan fingerprint density at radius 1 is 0.864 bits per heavy atom. The molecule has 5 heteroatoms. The molecular weight excluding hydrogens is 341 g/mol. The minimum Gasteiger partial charge on any atom is -0.367 e. The monoisotopic (exact) mass is 359 g/mol. The Morgan fingerprint density at radius 3 is 1.64 bits per heavy atom. The number of rotatable bonds is 6. The molecule has 0 aliphatic carbocycles. The largest absolute Gasteiger partial charge is 0.367 e. The van der Waals surface area contributed by atoms with Gasteiger partial charge >= 0.3 is 0 Å². The van der Waals surface area contributed by atoms with Gasteiger partial charge in [-0.2, -0.15) is 0 Å². The van der Waals surface area contributed by atoms with E-state index in [1.807, 2.05) is 62.6 Å². The molecule has 0 saturated carbocycles. The summed E-state index contributed by atoms with van der Waals surface area (Å²) in [5.41, 5.74) is 2.17. The maximum Gasteiger partial charge on any atom is 0.108 e. The van der Waals surface area contributed by atoms with E-state index in [2.05, 4.69) is 4.90 Å². The summed E-state index contributed by atoms with van der Waals surface area (Å²) < 4.78 is 6.08. The van der Waals surface area contributed by atoms with Crippen LogP contribution < -0.4 is 0 Å². The van der Waals surface area contributed by atoms with Crippen molar-refractivity contribution in [3.63, 3.8) is 0 Å². The second-order valence-corrected chi connectivity index (χ2v) is 6.03. The van der Waals surface area contributed by atoms with Gasteiger partial charge in [0.05, 0.1) is 6.61 Å². The summed E-state index contributed by atoms with van der Waals surface area (Å²) in [5, 5.41) is 1.45. The highest BCUT2D eigenvalue weighted by Crippen LogP contribution is 2.28. The molecule has 2 rings (SSSR count). The molecule has 0 aliphatic heterocycles. The average molecular weight is 361 g/mol. The van der Waals surface area contributed by atoms with Gasteiger partial charge in [-0.25, -0.2) is 0 Å². The normalized spacial score (nSPS) is 10.8. The molecule has 0 aliphatic rings. The van der Waals surface area contributed by atoms with E-state index < -0.39 is 0 Å². The second kappa shape index (κ2) is 9.39. The highest BCUT2D eigenvalue weighted by molar-refractivity contribution is 6.30. The number of ether oxygens (including phenoxy) is 1. The molecule has 0 N–H and O–H groups in total. The molecule has 0 unspecified atom stereocenters. The minimum absolute atomic E-state index is 0. The second-order valence-electron chi connectivity index (χ2n) is 5.16. The Morgan fingerprint density at radius 2 is 1.27 bits per heavy atom. The molecule has 22 heavy (non-hydrogen) atoms. The first-order chi connectivity index (χ1) is 10.1. The van der Waals surface area contributed by atoms with Crippen molar-refractivity contribution < 1.29 is 4.74 Å². The maximum absolute atomic E-state index is 6.08. The van der Waals surface area contributed by atoms with Gasteiger partial charge in [-0.1, -0.05) is 47.5 Å². The van der Waals surface area contributed by atoms with Crippen molar-refractivity contribution in [2.45, 2.75) is 6.10 Å². The van der Waals surface area contributed by atoms with Gasteiger partial charge in [-0.3, -0.25) is 0 Å². The summed E-state index contributed by atoms with van der Waals surface area (Å²) in [6.07, 6.45) is -0.112. The van der Waals surface area contributed by atoms with Crippen molar-refractivity contribution in [3.05, 3.63) is 69.7 Å². The van der Waals surface area contributed by atoms with Crippen molar-refractivity contribution >= 4 is 35.6 Å². The molecule has 0 spiro atoms. The number of nitrogens with zero attached hydrogens (tertiary/aromatic N) is 1. The summed E-state index contributed by atoms with van der Waals surface area (Å²) in [6.45, 7) is 1.53. The topological polar surface area (TPSA) is 12.5 Å². The van der Waals surface area contributed by atoms with Crippen LogP contribution in [0.2, 0.25) is 10.0 Å². The van der Waals surface area contributed by atoms with Crippen LogP contribution in [0.4, 0.5) is 0 Å². The van der Waals surface area contributed by atoms with E-state index in [0.29, 0.717) is 6.61 Å². The summed E-state index contributed by atoms with van der Waals surface area (Å²) in [5.74, 6) is 0. The predicted molar refractivity (Wildman–Crippen MR) is 96.5 cm³/mol. The smallest absolute Gasteiger partial charge is 0.108 e. The van der Waals surface area contributed by atoms with Crippen molar-refractivity contribution in [2.75, 3.05) is 27.2 Å². The summed E-state index contributed by atoms with van der Waals surface area (Å²) in [6, 6.07) is 15.5. The van der Waals surface area contributed by atoms with E-state index in [0.717, 1.165) is 27.7 Å². The van der Waals surface area contributed by atoms with Gasteiger partial charge in [-0.05, 0) is 49.5 Å². The third kappa shape index (κ3) is 5.79. The van der Waals surface area contributed by atoms with Gasteiger partial charge in [-0.15, -0.1) is 12.4 Å². The van der Waals surface area contributed by atoms with Gasteiger partial charge in [0.25, 0.3) is 0 Å². The van der Waals surface area contributed by atoms with Crippen LogP contribution in [-0.2, 0) is 4.74 Å². The first kappa shape index (κ1) is 19.3. The number of halogens is 3. The summed E-state index contributed by atoms with van der Waals surface area (Å²) in [4.78, 5) is 2.10. The zero-order chi connectivity index (χ0) is 15.2. The maximum atomic E-state index is 6.08. The summed E-state index contributed by atoms with van der Waals surface area (Å²) in [7, 11) is 4.06. The fourth-order valence-electron chi connectivity index (χ4n) is 2.01. The minimum atomic E-state index is -0.112. The fraction of sp³-hybridized carbons (Fsp3) is 0.294. The molecule has 2 nitrogen and oxygen atoms in total. The Bertz CT molecular complexity index is 510. The molecule has 0 aromatic heterocycles. The van der Waals surface area contributed by atoms with Crippen LogP contribution in [0.1, 0.15) is 17.2 Å². The van der Waals surface area contributed by atoms with Gasteiger partial charge in [0.15, 0.2) is 0 Å². The van der Waals surface area contributed by atoms with Crippen LogP contribution in [0.25, 0.3) is 0 Å². The quantitative estimate of drug-likeness (QED) is 0.712. The molecule has 0 heterocycles. The third-order valence-corrected chi connectivity index (χ3v) is 3.67. The summed E-state index contributed by atoms with van der Waals surface area (Å²) >= 11 is 11.9. The zero-order valence-electron chi connectivity index (χ0n) is 12.6. The van der Waals surface area contributed by atoms with E-state index >= 15 is 0 Å². The van der Waals surface area contributed by atoms with E-state index in [1.165, 1.54) is 0 Å². The third-order valence-electron chi connectivity index (χ3n) is 3.17. The highest BCUT2D eigenvalue weighted by Gasteiger charge is 2.15. The SMILES string of the molecule is CN(C)CCOC(c1ccc(Cl)cc1)c1ccc(Cl)cc1.Cl. The van der Waals surface area contributed by atoms with Gasteiger partial charge < -0.3 is 9.64 Å². The Hall–Kier alpha value is -0.770. The van der Waals surface area contributed by atoms with E-state index in [1.54, 1.807) is 0 Å². The lowest BCUT2D eigenvalue weighted by Gasteiger charge is -2.20. The predicted octanol–water partition coefficient (Wildman–Crippen LogP) is 5.08. The molecule has 0 bridgehead atoms. The van der Waals surface area contributed by atoms with Crippen LogP contribution in [-0.4, -0.2) is 32.1 Å². The molecular formula is C17H20Cl3NO. The van der Waals surface area contributed by atoms with Gasteiger partial charge in [0.1, 0.15) is 6.10 Å². The lowest BCUT2D eigenvalue weighted by Crippen LogP contribution is -2.20. The number of hydrogen-bond acceptors (Lipinski definition) is 2. The molecule has 2 aromatic carbocycles. The molecule has 0 amide bonds. The van der Waals surface area contributed by atoms with Crippen molar-refractivity contribution in [1.29, 1.82) is 0 Å².